The molecule has 0 spiro atoms. The molecule has 25 heavy (non-hydrogen) atoms. The molecular formula is C15H17ClF3NO4S. The van der Waals surface area contributed by atoms with Crippen molar-refractivity contribution in [3.63, 3.8) is 0 Å². The van der Waals surface area contributed by atoms with E-state index in [1.165, 1.54) is 12.1 Å². The van der Waals surface area contributed by atoms with Gasteiger partial charge in [0.1, 0.15) is 4.90 Å². The molecular weight excluding hydrogens is 383 g/mol. The summed E-state index contributed by atoms with van der Waals surface area (Å²) in [7, 11) is -4.33. The summed E-state index contributed by atoms with van der Waals surface area (Å²) in [4.78, 5) is 10.8. The molecule has 2 atom stereocenters. The largest absolute Gasteiger partial charge is 0.481 e. The smallest absolute Gasteiger partial charge is 0.393 e. The van der Waals surface area contributed by atoms with E-state index in [0.29, 0.717) is 16.3 Å². The standard InChI is InChI=1S/C15H17ClF3NO4S/c1-2-3-9-4-5-12(16)13(6-9)25(23,24)20-7-10(14(21)22)11(8-20)15(17,18)19/h4-6,10-11H,2-3,7-8H2,1H3,(H,21,22)/t10-,11-/m1/s1. The first-order valence-corrected chi connectivity index (χ1v) is 9.38. The summed E-state index contributed by atoms with van der Waals surface area (Å²) in [5.74, 6) is -5.77. The van der Waals surface area contributed by atoms with Crippen LogP contribution in [-0.4, -0.2) is 43.1 Å². The highest BCUT2D eigenvalue weighted by Crippen LogP contribution is 2.40. The molecule has 0 bridgehead atoms. The molecule has 1 aromatic rings. The third-order valence-electron chi connectivity index (χ3n) is 4.18. The fraction of sp³-hybridized carbons (Fsp3) is 0.533. The SMILES string of the molecule is CCCc1ccc(Cl)c(S(=O)(=O)N2C[C@@H](C(F)(F)F)[C@H](C(=O)O)C2)c1. The monoisotopic (exact) mass is 399 g/mol. The molecule has 2 rings (SSSR count). The molecule has 140 valence electrons. The fourth-order valence-electron chi connectivity index (χ4n) is 2.87. The summed E-state index contributed by atoms with van der Waals surface area (Å²) in [6, 6.07) is 4.36. The average molecular weight is 400 g/mol. The predicted octanol–water partition coefficient (Wildman–Crippen LogP) is 3.18. The van der Waals surface area contributed by atoms with Crippen molar-refractivity contribution in [1.29, 1.82) is 0 Å². The van der Waals surface area contributed by atoms with Gasteiger partial charge in [-0.3, -0.25) is 4.79 Å². The predicted molar refractivity (Wildman–Crippen MR) is 84.9 cm³/mol. The lowest BCUT2D eigenvalue weighted by molar-refractivity contribution is -0.187. The number of alkyl halides is 3. The Kier molecular flexibility index (Phi) is 5.70. The third-order valence-corrected chi connectivity index (χ3v) is 6.49. The van der Waals surface area contributed by atoms with Crippen LogP contribution in [0.1, 0.15) is 18.9 Å². The van der Waals surface area contributed by atoms with Gasteiger partial charge in [-0.25, -0.2) is 8.42 Å². The molecule has 0 saturated carbocycles. The van der Waals surface area contributed by atoms with Gasteiger partial charge in [0, 0.05) is 13.1 Å². The van der Waals surface area contributed by atoms with Crippen LogP contribution >= 0.6 is 11.6 Å². The van der Waals surface area contributed by atoms with E-state index >= 15 is 0 Å². The summed E-state index contributed by atoms with van der Waals surface area (Å²) in [6.07, 6.45) is -3.47. The Hall–Kier alpha value is -1.32. The van der Waals surface area contributed by atoms with Gasteiger partial charge in [0.05, 0.1) is 16.9 Å². The number of halogens is 4. The Morgan fingerprint density at radius 2 is 2.00 bits per heavy atom. The highest BCUT2D eigenvalue weighted by Gasteiger charge is 2.55. The van der Waals surface area contributed by atoms with Crippen LogP contribution in [0.3, 0.4) is 0 Å². The Morgan fingerprint density at radius 1 is 1.36 bits per heavy atom. The van der Waals surface area contributed by atoms with E-state index in [4.69, 9.17) is 16.7 Å². The number of carboxylic acid groups (broad SMARTS) is 1. The third kappa shape index (κ3) is 4.09. The van der Waals surface area contributed by atoms with E-state index in [9.17, 15) is 26.4 Å². The average Bonchev–Trinajstić information content (AvgIpc) is 2.95. The molecule has 1 saturated heterocycles. The number of aliphatic carboxylic acids is 1. The molecule has 1 N–H and O–H groups in total. The van der Waals surface area contributed by atoms with Gasteiger partial charge in [-0.1, -0.05) is 31.0 Å². The van der Waals surface area contributed by atoms with E-state index in [-0.39, 0.29) is 9.92 Å². The number of hydrogen-bond acceptors (Lipinski definition) is 3. The minimum atomic E-state index is -4.80. The Morgan fingerprint density at radius 3 is 2.48 bits per heavy atom. The number of nitrogens with zero attached hydrogens (tertiary/aromatic N) is 1. The molecule has 0 unspecified atom stereocenters. The molecule has 1 aliphatic rings. The van der Waals surface area contributed by atoms with Crippen LogP contribution in [0.4, 0.5) is 13.2 Å². The molecule has 0 aromatic heterocycles. The first-order valence-electron chi connectivity index (χ1n) is 7.56. The van der Waals surface area contributed by atoms with Crippen LogP contribution in [0.25, 0.3) is 0 Å². The van der Waals surface area contributed by atoms with Crippen molar-refractivity contribution in [3.8, 4) is 0 Å². The van der Waals surface area contributed by atoms with Crippen LogP contribution in [0.15, 0.2) is 23.1 Å². The normalized spacial score (nSPS) is 22.3. The van der Waals surface area contributed by atoms with E-state index < -0.39 is 47.1 Å². The van der Waals surface area contributed by atoms with Gasteiger partial charge in [-0.05, 0) is 24.1 Å². The number of rotatable bonds is 5. The van der Waals surface area contributed by atoms with Crippen LogP contribution in [0.2, 0.25) is 5.02 Å². The zero-order chi connectivity index (χ0) is 19.0. The summed E-state index contributed by atoms with van der Waals surface area (Å²) >= 11 is 5.94. The molecule has 1 fully saturated rings. The molecule has 1 heterocycles. The lowest BCUT2D eigenvalue weighted by Gasteiger charge is -2.19. The Bertz CT molecular complexity index is 767. The van der Waals surface area contributed by atoms with E-state index in [1.54, 1.807) is 6.07 Å². The van der Waals surface area contributed by atoms with Crippen molar-refractivity contribution in [2.24, 2.45) is 11.8 Å². The van der Waals surface area contributed by atoms with Crippen molar-refractivity contribution >= 4 is 27.6 Å². The van der Waals surface area contributed by atoms with Crippen LogP contribution in [0.5, 0.6) is 0 Å². The number of aryl methyl sites for hydroxylation is 1. The first kappa shape index (κ1) is 20.0. The lowest BCUT2D eigenvalue weighted by atomic mass is 9.96. The Balaban J connectivity index is 2.41. The minimum Gasteiger partial charge on any atom is -0.481 e. The molecule has 5 nitrogen and oxygen atoms in total. The van der Waals surface area contributed by atoms with Gasteiger partial charge in [-0.2, -0.15) is 17.5 Å². The maximum atomic E-state index is 13.1. The van der Waals surface area contributed by atoms with Crippen molar-refractivity contribution in [2.75, 3.05) is 13.1 Å². The highest BCUT2D eigenvalue weighted by molar-refractivity contribution is 7.89. The van der Waals surface area contributed by atoms with Crippen LogP contribution < -0.4 is 0 Å². The Labute approximate surface area is 148 Å². The second-order valence-electron chi connectivity index (χ2n) is 5.93. The number of hydrogen-bond donors (Lipinski definition) is 1. The molecule has 1 aromatic carbocycles. The minimum absolute atomic E-state index is 0.109. The van der Waals surface area contributed by atoms with Gasteiger partial charge in [0.25, 0.3) is 0 Å². The summed E-state index contributed by atoms with van der Waals surface area (Å²) in [5.41, 5.74) is 0.687. The molecule has 0 aliphatic carbocycles. The number of benzene rings is 1. The maximum absolute atomic E-state index is 13.1. The second-order valence-corrected chi connectivity index (χ2v) is 8.24. The van der Waals surface area contributed by atoms with Gasteiger partial charge < -0.3 is 5.11 Å². The summed E-state index contributed by atoms with van der Waals surface area (Å²) in [5, 5.41) is 8.91. The zero-order valence-electron chi connectivity index (χ0n) is 13.3. The van der Waals surface area contributed by atoms with Gasteiger partial charge in [-0.15, -0.1) is 0 Å². The van der Waals surface area contributed by atoms with Crippen LogP contribution in [-0.2, 0) is 21.2 Å². The molecule has 1 aliphatic heterocycles. The molecule has 0 amide bonds. The van der Waals surface area contributed by atoms with Gasteiger partial charge in [0.15, 0.2) is 0 Å². The highest BCUT2D eigenvalue weighted by atomic mass is 35.5. The summed E-state index contributed by atoms with van der Waals surface area (Å²) in [6.45, 7) is 0.224. The van der Waals surface area contributed by atoms with Gasteiger partial charge in [0.2, 0.25) is 10.0 Å². The number of carbonyl (C=O) groups is 1. The maximum Gasteiger partial charge on any atom is 0.393 e. The van der Waals surface area contributed by atoms with Crippen molar-refractivity contribution in [3.05, 3.63) is 28.8 Å². The van der Waals surface area contributed by atoms with Crippen LogP contribution in [0, 0.1) is 11.8 Å². The first-order chi connectivity index (χ1) is 11.5. The van der Waals surface area contributed by atoms with E-state index in [0.717, 1.165) is 6.42 Å². The van der Waals surface area contributed by atoms with Crippen molar-refractivity contribution in [1.82, 2.24) is 4.31 Å². The number of carboxylic acids is 1. The molecule has 0 radical (unpaired) electrons. The zero-order valence-corrected chi connectivity index (χ0v) is 14.8. The van der Waals surface area contributed by atoms with E-state index in [1.807, 2.05) is 6.92 Å². The molecule has 10 heteroatoms. The van der Waals surface area contributed by atoms with Crippen molar-refractivity contribution in [2.45, 2.75) is 30.8 Å². The number of sulfonamides is 1. The quantitative estimate of drug-likeness (QED) is 0.825. The topological polar surface area (TPSA) is 74.7 Å². The fourth-order valence-corrected chi connectivity index (χ4v) is 4.89. The second kappa shape index (κ2) is 7.13. The summed E-state index contributed by atoms with van der Waals surface area (Å²) < 4.78 is 65.2. The van der Waals surface area contributed by atoms with Gasteiger partial charge >= 0.3 is 12.1 Å². The van der Waals surface area contributed by atoms with E-state index in [2.05, 4.69) is 0 Å². The van der Waals surface area contributed by atoms with Crippen molar-refractivity contribution < 1.29 is 31.5 Å². The lowest BCUT2D eigenvalue weighted by Crippen LogP contribution is -2.34.